The van der Waals surface area contributed by atoms with Crippen molar-refractivity contribution in [3.8, 4) is 5.75 Å². The van der Waals surface area contributed by atoms with Gasteiger partial charge in [0.15, 0.2) is 0 Å². The zero-order valence-corrected chi connectivity index (χ0v) is 18.7. The maximum atomic E-state index is 13.4. The fraction of sp³-hybridized carbons (Fsp3) is 0.333. The number of rotatable bonds is 7. The summed E-state index contributed by atoms with van der Waals surface area (Å²) in [6.07, 6.45) is 0. The van der Waals surface area contributed by atoms with Crippen LogP contribution in [0.2, 0.25) is 0 Å². The van der Waals surface area contributed by atoms with Gasteiger partial charge in [0, 0.05) is 17.7 Å². The molecule has 1 atom stereocenters. The molecular weight excluding hydrogens is 442 g/mol. The van der Waals surface area contributed by atoms with Crippen LogP contribution in [0.3, 0.4) is 0 Å². The maximum Gasteiger partial charge on any atom is 0.295 e. The molecule has 2 saturated heterocycles. The van der Waals surface area contributed by atoms with Gasteiger partial charge in [-0.1, -0.05) is 30.0 Å². The van der Waals surface area contributed by atoms with Crippen LogP contribution in [0.1, 0.15) is 17.2 Å². The predicted molar refractivity (Wildman–Crippen MR) is 119 cm³/mol. The first-order valence-corrected chi connectivity index (χ1v) is 11.0. The number of hydrogen-bond acceptors (Lipinski definition) is 7. The molecule has 2 heterocycles. The zero-order valence-electron chi connectivity index (χ0n) is 18.7. The summed E-state index contributed by atoms with van der Waals surface area (Å²) in [7, 11) is 1.50. The summed E-state index contributed by atoms with van der Waals surface area (Å²) >= 11 is 0. The number of methoxy groups -OCH3 is 1. The van der Waals surface area contributed by atoms with Gasteiger partial charge in [-0.2, -0.15) is 0 Å². The van der Waals surface area contributed by atoms with E-state index in [1.807, 2.05) is 0 Å². The number of likely N-dealkylation sites (tertiary alicyclic amines) is 1. The molecule has 2 aliphatic heterocycles. The average Bonchev–Trinajstić information content (AvgIpc) is 3.12. The van der Waals surface area contributed by atoms with E-state index in [2.05, 4.69) is 0 Å². The molecule has 4 rings (SSSR count). The molecule has 34 heavy (non-hydrogen) atoms. The van der Waals surface area contributed by atoms with E-state index in [9.17, 15) is 24.8 Å². The molecule has 10 heteroatoms. The van der Waals surface area contributed by atoms with E-state index in [1.165, 1.54) is 47.2 Å². The maximum absolute atomic E-state index is 13.4. The van der Waals surface area contributed by atoms with E-state index >= 15 is 0 Å². The van der Waals surface area contributed by atoms with Gasteiger partial charge in [0.1, 0.15) is 18.8 Å². The molecular formula is C24H25N3O7. The number of morpholine rings is 1. The van der Waals surface area contributed by atoms with E-state index in [-0.39, 0.29) is 23.4 Å². The molecule has 1 unspecified atom stereocenters. The topological polar surface area (TPSA) is 126 Å². The second kappa shape index (κ2) is 10.0. The third-order valence-corrected chi connectivity index (χ3v) is 6.18. The van der Waals surface area contributed by atoms with Crippen molar-refractivity contribution < 1.29 is 34.0 Å². The van der Waals surface area contributed by atoms with Gasteiger partial charge < -0.3 is 24.4 Å². The Kier molecular flexibility index (Phi) is 6.90. The number of nitrogens with zero attached hydrogens (tertiary/aromatic N) is 2. The molecule has 0 radical (unpaired) electrons. The van der Waals surface area contributed by atoms with Crippen LogP contribution in [0.5, 0.6) is 5.75 Å². The van der Waals surface area contributed by atoms with Gasteiger partial charge in [-0.05, 0) is 23.3 Å². The summed E-state index contributed by atoms with van der Waals surface area (Å²) in [5, 5.41) is 24.8. The first-order chi connectivity index (χ1) is 16.4. The Hall–Kier alpha value is -3.76. The zero-order chi connectivity index (χ0) is 24.2. The highest BCUT2D eigenvalue weighted by Crippen LogP contribution is 2.39. The number of benzene rings is 2. The fourth-order valence-corrected chi connectivity index (χ4v) is 4.34. The first-order valence-electron chi connectivity index (χ1n) is 11.0. The Labute approximate surface area is 196 Å². The van der Waals surface area contributed by atoms with Gasteiger partial charge in [0.2, 0.25) is 5.78 Å². The molecule has 10 nitrogen and oxygen atoms in total. The number of quaternary nitrogens is 1. The lowest BCUT2D eigenvalue weighted by atomic mass is 9.95. The van der Waals surface area contributed by atoms with E-state index in [0.29, 0.717) is 31.1 Å². The van der Waals surface area contributed by atoms with Crippen molar-refractivity contribution in [3.63, 3.8) is 0 Å². The van der Waals surface area contributed by atoms with Crippen LogP contribution in [0.15, 0.2) is 54.1 Å². The highest BCUT2D eigenvalue weighted by Gasteiger charge is 2.44. The van der Waals surface area contributed by atoms with Crippen LogP contribution in [0.25, 0.3) is 5.76 Å². The summed E-state index contributed by atoms with van der Waals surface area (Å²) in [5.74, 6) is -1.70. The van der Waals surface area contributed by atoms with Crippen molar-refractivity contribution in [1.29, 1.82) is 0 Å². The lowest BCUT2D eigenvalue weighted by Gasteiger charge is -2.30. The summed E-state index contributed by atoms with van der Waals surface area (Å²) < 4.78 is 10.5. The molecule has 0 bridgehead atoms. The number of amides is 1. The first kappa shape index (κ1) is 23.4. The number of non-ortho nitro benzene ring substituents is 1. The predicted octanol–water partition coefficient (Wildman–Crippen LogP) is -0.257. The molecule has 1 N–H and O–H groups in total. The van der Waals surface area contributed by atoms with Gasteiger partial charge in [-0.3, -0.25) is 19.7 Å². The molecule has 0 spiro atoms. The minimum Gasteiger partial charge on any atom is -0.872 e. The van der Waals surface area contributed by atoms with Gasteiger partial charge in [-0.25, -0.2) is 0 Å². The molecule has 2 fully saturated rings. The van der Waals surface area contributed by atoms with Crippen LogP contribution in [-0.2, 0) is 14.3 Å². The third kappa shape index (κ3) is 4.63. The second-order valence-electron chi connectivity index (χ2n) is 8.17. The number of nitro groups is 1. The van der Waals surface area contributed by atoms with E-state index < -0.39 is 28.4 Å². The molecule has 0 saturated carbocycles. The van der Waals surface area contributed by atoms with Crippen molar-refractivity contribution in [1.82, 2.24) is 4.90 Å². The Morgan fingerprint density at radius 3 is 2.53 bits per heavy atom. The number of ketones is 1. The second-order valence-corrected chi connectivity index (χ2v) is 8.17. The number of hydrogen-bond donors (Lipinski definition) is 1. The fourth-order valence-electron chi connectivity index (χ4n) is 4.34. The molecule has 2 aromatic rings. The van der Waals surface area contributed by atoms with Crippen LogP contribution in [-0.4, -0.2) is 68.0 Å². The third-order valence-electron chi connectivity index (χ3n) is 6.18. The molecule has 0 aromatic heterocycles. The Balaban J connectivity index is 1.76. The normalized spacial score (nSPS) is 20.5. The standard InChI is InChI=1S/C24H25N3O7/c1-33-19-7-5-16(6-8-19)22(28)20-21(17-3-2-4-18(15-17)27(31)32)26(24(30)23(20)29)10-9-25-11-13-34-14-12-25/h2-8,15,21,28H,9-14H2,1H3/b22-20+. The van der Waals surface area contributed by atoms with Crippen LogP contribution in [0.4, 0.5) is 5.69 Å². The number of carbonyl (C=O) groups is 2. The molecule has 2 aromatic carbocycles. The van der Waals surface area contributed by atoms with Crippen molar-refractivity contribution >= 4 is 23.1 Å². The Bertz CT molecular complexity index is 1120. The minimum absolute atomic E-state index is 0.181. The average molecular weight is 467 g/mol. The van der Waals surface area contributed by atoms with E-state index in [0.717, 1.165) is 13.1 Å². The minimum atomic E-state index is -1.00. The summed E-state index contributed by atoms with van der Waals surface area (Å²) in [4.78, 5) is 39.5. The SMILES string of the molecule is COc1ccc(/C([O-])=C2\C(=O)C(=O)N(CC[NH+]3CCOCC3)C2c2cccc([N+](=O)[O-])c2)cc1. The summed E-state index contributed by atoms with van der Waals surface area (Å²) in [6.45, 7) is 3.58. The van der Waals surface area contributed by atoms with Crippen LogP contribution in [0, 0.1) is 10.1 Å². The van der Waals surface area contributed by atoms with Gasteiger partial charge >= 0.3 is 0 Å². The Morgan fingerprint density at radius 2 is 1.88 bits per heavy atom. The molecule has 0 aliphatic carbocycles. The smallest absolute Gasteiger partial charge is 0.295 e. The molecule has 1 amide bonds. The molecule has 2 aliphatic rings. The lowest BCUT2D eigenvalue weighted by Crippen LogP contribution is -3.14. The van der Waals surface area contributed by atoms with Gasteiger partial charge in [-0.15, -0.1) is 0 Å². The number of ether oxygens (including phenoxy) is 2. The number of nitro benzene ring substituents is 1. The van der Waals surface area contributed by atoms with Crippen molar-refractivity contribution in [2.45, 2.75) is 6.04 Å². The van der Waals surface area contributed by atoms with Gasteiger partial charge in [0.25, 0.3) is 11.6 Å². The van der Waals surface area contributed by atoms with Crippen LogP contribution < -0.4 is 14.7 Å². The highest BCUT2D eigenvalue weighted by atomic mass is 16.6. The van der Waals surface area contributed by atoms with E-state index in [4.69, 9.17) is 9.47 Å². The quantitative estimate of drug-likeness (QED) is 0.196. The number of carbonyl (C=O) groups excluding carboxylic acids is 2. The molecule has 178 valence electrons. The monoisotopic (exact) mass is 467 g/mol. The van der Waals surface area contributed by atoms with Crippen molar-refractivity contribution in [2.24, 2.45) is 0 Å². The Morgan fingerprint density at radius 1 is 1.18 bits per heavy atom. The summed E-state index contributed by atoms with van der Waals surface area (Å²) in [6, 6.07) is 11.0. The number of Topliss-reactive ketones (excluding diaryl/α,β-unsaturated/α-hetero) is 1. The van der Waals surface area contributed by atoms with Crippen molar-refractivity contribution in [2.75, 3.05) is 46.5 Å². The van der Waals surface area contributed by atoms with Crippen molar-refractivity contribution in [3.05, 3.63) is 75.3 Å². The van der Waals surface area contributed by atoms with E-state index in [1.54, 1.807) is 18.2 Å². The largest absolute Gasteiger partial charge is 0.872 e. The highest BCUT2D eigenvalue weighted by molar-refractivity contribution is 6.46. The summed E-state index contributed by atoms with van der Waals surface area (Å²) in [5.41, 5.74) is 0.196. The van der Waals surface area contributed by atoms with Crippen LogP contribution >= 0.6 is 0 Å². The lowest BCUT2D eigenvalue weighted by molar-refractivity contribution is -0.907. The number of nitrogens with one attached hydrogen (secondary N) is 1. The van der Waals surface area contributed by atoms with Gasteiger partial charge in [0.05, 0.1) is 44.4 Å².